The van der Waals surface area contributed by atoms with Crippen LogP contribution >= 0.6 is 0 Å². The van der Waals surface area contributed by atoms with E-state index in [2.05, 4.69) is 0 Å². The maximum absolute atomic E-state index is 13.6. The Balaban J connectivity index is 2.01. The van der Waals surface area contributed by atoms with Gasteiger partial charge in [-0.15, -0.1) is 0 Å². The van der Waals surface area contributed by atoms with Crippen molar-refractivity contribution in [1.82, 2.24) is 0 Å². The van der Waals surface area contributed by atoms with Gasteiger partial charge in [0.1, 0.15) is 0 Å². The number of fused-ring (bicyclic) bond motifs is 1. The highest BCUT2D eigenvalue weighted by Gasteiger charge is 2.46. The molecule has 7 nitrogen and oxygen atoms in total. The number of carbonyl (C=O) groups excluding carboxylic acids is 3. The first-order valence-corrected chi connectivity index (χ1v) is 13.6. The van der Waals surface area contributed by atoms with E-state index < -0.39 is 35.8 Å². The van der Waals surface area contributed by atoms with Crippen molar-refractivity contribution >= 4 is 34.4 Å². The van der Waals surface area contributed by atoms with Gasteiger partial charge in [0.15, 0.2) is 12.0 Å². The van der Waals surface area contributed by atoms with E-state index in [1.54, 1.807) is 19.9 Å². The van der Waals surface area contributed by atoms with Crippen LogP contribution in [-0.4, -0.2) is 50.0 Å². The van der Waals surface area contributed by atoms with Crippen molar-refractivity contribution in [3.8, 4) is 0 Å². The van der Waals surface area contributed by atoms with Crippen LogP contribution in [0.3, 0.4) is 0 Å². The molecule has 7 heteroatoms. The molecule has 0 N–H and O–H groups in total. The van der Waals surface area contributed by atoms with Gasteiger partial charge in [0.05, 0.1) is 26.0 Å². The Bertz CT molecular complexity index is 1460. The smallest absolute Gasteiger partial charge is 0.331 e. The topological polar surface area (TPSA) is 91.3 Å². The molecule has 210 valence electrons. The van der Waals surface area contributed by atoms with Crippen molar-refractivity contribution in [3.63, 3.8) is 0 Å². The maximum atomic E-state index is 13.6. The van der Waals surface area contributed by atoms with Gasteiger partial charge in [-0.1, -0.05) is 103 Å². The van der Waals surface area contributed by atoms with Crippen molar-refractivity contribution in [3.05, 3.63) is 120 Å². The van der Waals surface area contributed by atoms with E-state index in [1.165, 1.54) is 7.11 Å². The third-order valence-electron chi connectivity index (χ3n) is 6.74. The normalized spacial score (nSPS) is 12.3. The molecular formula is C34H33NO6. The first kappa shape index (κ1) is 29.2. The first-order chi connectivity index (χ1) is 20.0. The van der Waals surface area contributed by atoms with Crippen molar-refractivity contribution in [2.24, 2.45) is 10.9 Å². The molecule has 0 aliphatic rings. The summed E-state index contributed by atoms with van der Waals surface area (Å²) >= 11 is 0. The van der Waals surface area contributed by atoms with Crippen LogP contribution < -0.4 is 0 Å². The van der Waals surface area contributed by atoms with Gasteiger partial charge in [0.25, 0.3) is 0 Å². The lowest BCUT2D eigenvalue weighted by atomic mass is 9.79. The lowest BCUT2D eigenvalue weighted by Crippen LogP contribution is -2.42. The van der Waals surface area contributed by atoms with E-state index in [1.807, 2.05) is 97.1 Å². The molecular weight excluding hydrogens is 518 g/mol. The molecule has 0 unspecified atom stereocenters. The molecule has 4 aromatic carbocycles. The third kappa shape index (κ3) is 6.87. The second kappa shape index (κ2) is 14.0. The summed E-state index contributed by atoms with van der Waals surface area (Å²) in [6, 6.07) is 30.8. The molecule has 0 aromatic heterocycles. The summed E-state index contributed by atoms with van der Waals surface area (Å²) in [5.74, 6) is -4.86. The van der Waals surface area contributed by atoms with Crippen molar-refractivity contribution in [2.45, 2.75) is 25.8 Å². The number of rotatable bonds is 11. The van der Waals surface area contributed by atoms with Gasteiger partial charge in [-0.3, -0.25) is 14.6 Å². The molecule has 0 bridgehead atoms. The summed E-state index contributed by atoms with van der Waals surface area (Å²) in [6.45, 7) is 3.41. The van der Waals surface area contributed by atoms with E-state index in [4.69, 9.17) is 19.2 Å². The van der Waals surface area contributed by atoms with Gasteiger partial charge in [-0.2, -0.15) is 0 Å². The zero-order chi connectivity index (χ0) is 29.2. The lowest BCUT2D eigenvalue weighted by Gasteiger charge is -2.29. The number of hydrogen-bond donors (Lipinski definition) is 0. The number of ether oxygens (including phenoxy) is 3. The highest BCUT2D eigenvalue weighted by molar-refractivity contribution is 6.13. The first-order valence-electron chi connectivity index (χ1n) is 13.6. The Morgan fingerprint density at radius 2 is 1.17 bits per heavy atom. The molecule has 0 aliphatic carbocycles. The van der Waals surface area contributed by atoms with Gasteiger partial charge in [-0.25, -0.2) is 4.79 Å². The standard InChI is InChI=1S/C34H33NO6/c1-4-40-32(36)29(33(37)41-5-2)28(27-21-20-23-14-12-13-19-26(23)22-27)31(34(38)39-3)35-30(24-15-8-6-9-16-24)25-17-10-7-11-18-25/h6-22,28-29,31H,4-5H2,1-3H3/t28-,31-/m0/s1. The van der Waals surface area contributed by atoms with Crippen LogP contribution in [0.15, 0.2) is 108 Å². The monoisotopic (exact) mass is 551 g/mol. The Morgan fingerprint density at radius 3 is 1.68 bits per heavy atom. The number of esters is 3. The molecule has 0 fully saturated rings. The minimum Gasteiger partial charge on any atom is -0.467 e. The quantitative estimate of drug-likeness (QED) is 0.102. The molecule has 4 rings (SSSR count). The van der Waals surface area contributed by atoms with Crippen LogP contribution in [0.2, 0.25) is 0 Å². The van der Waals surface area contributed by atoms with Crippen LogP contribution in [0, 0.1) is 5.92 Å². The molecule has 0 saturated carbocycles. The van der Waals surface area contributed by atoms with Crippen LogP contribution in [0.4, 0.5) is 0 Å². The fraction of sp³-hybridized carbons (Fsp3) is 0.235. The van der Waals surface area contributed by atoms with Gasteiger partial charge in [0, 0.05) is 17.0 Å². The number of hydrogen-bond acceptors (Lipinski definition) is 7. The minimum atomic E-state index is -1.48. The predicted octanol–water partition coefficient (Wildman–Crippen LogP) is 5.75. The van der Waals surface area contributed by atoms with Crippen LogP contribution in [0.25, 0.3) is 10.8 Å². The third-order valence-corrected chi connectivity index (χ3v) is 6.74. The number of carbonyl (C=O) groups is 3. The Morgan fingerprint density at radius 1 is 0.659 bits per heavy atom. The second-order valence-corrected chi connectivity index (χ2v) is 9.29. The lowest BCUT2D eigenvalue weighted by molar-refractivity contribution is -0.163. The van der Waals surface area contributed by atoms with Crippen LogP contribution in [-0.2, 0) is 28.6 Å². The average Bonchev–Trinajstić information content (AvgIpc) is 3.01. The summed E-state index contributed by atoms with van der Waals surface area (Å²) in [5, 5.41) is 1.84. The van der Waals surface area contributed by atoms with Gasteiger partial charge in [-0.05, 0) is 30.2 Å². The van der Waals surface area contributed by atoms with Crippen LogP contribution in [0.1, 0.15) is 36.5 Å². The Labute approximate surface area is 239 Å². The van der Waals surface area contributed by atoms with Gasteiger partial charge in [0.2, 0.25) is 0 Å². The van der Waals surface area contributed by atoms with E-state index in [0.29, 0.717) is 11.3 Å². The maximum Gasteiger partial charge on any atom is 0.331 e. The van der Waals surface area contributed by atoms with E-state index >= 15 is 0 Å². The summed E-state index contributed by atoms with van der Waals surface area (Å²) in [4.78, 5) is 45.5. The van der Waals surface area contributed by atoms with E-state index in [0.717, 1.165) is 21.9 Å². The van der Waals surface area contributed by atoms with Gasteiger partial charge < -0.3 is 14.2 Å². The molecule has 41 heavy (non-hydrogen) atoms. The summed E-state index contributed by atoms with van der Waals surface area (Å²) in [6.07, 6.45) is 0. The molecule has 0 radical (unpaired) electrons. The molecule has 0 amide bonds. The summed E-state index contributed by atoms with van der Waals surface area (Å²) in [7, 11) is 1.26. The molecule has 4 aromatic rings. The van der Waals surface area contributed by atoms with Crippen molar-refractivity contribution in [2.75, 3.05) is 20.3 Å². The number of methoxy groups -OCH3 is 1. The largest absolute Gasteiger partial charge is 0.467 e. The molecule has 0 heterocycles. The fourth-order valence-corrected chi connectivity index (χ4v) is 4.87. The number of benzene rings is 4. The zero-order valence-electron chi connectivity index (χ0n) is 23.4. The van der Waals surface area contributed by atoms with Crippen LogP contribution in [0.5, 0.6) is 0 Å². The summed E-state index contributed by atoms with van der Waals surface area (Å²) in [5.41, 5.74) is 2.58. The summed E-state index contributed by atoms with van der Waals surface area (Å²) < 4.78 is 16.0. The SMILES string of the molecule is CCOC(=O)C(C(=O)OCC)[C@H](c1ccc2ccccc2c1)[C@H](N=C(c1ccccc1)c1ccccc1)C(=O)OC. The predicted molar refractivity (Wildman–Crippen MR) is 158 cm³/mol. The highest BCUT2D eigenvalue weighted by Crippen LogP contribution is 2.35. The van der Waals surface area contributed by atoms with E-state index in [9.17, 15) is 14.4 Å². The molecule has 2 atom stereocenters. The van der Waals surface area contributed by atoms with Gasteiger partial charge >= 0.3 is 17.9 Å². The highest BCUT2D eigenvalue weighted by atomic mass is 16.6. The molecule has 0 aliphatic heterocycles. The second-order valence-electron chi connectivity index (χ2n) is 9.29. The van der Waals surface area contributed by atoms with Crippen molar-refractivity contribution in [1.29, 1.82) is 0 Å². The Hall–Kier alpha value is -4.78. The molecule has 0 spiro atoms. The minimum absolute atomic E-state index is 0.0462. The molecule has 0 saturated heterocycles. The van der Waals surface area contributed by atoms with E-state index in [-0.39, 0.29) is 13.2 Å². The fourth-order valence-electron chi connectivity index (χ4n) is 4.87. The zero-order valence-corrected chi connectivity index (χ0v) is 23.4. The Kier molecular flexibility index (Phi) is 9.99. The number of nitrogens with zero attached hydrogens (tertiary/aromatic N) is 1. The van der Waals surface area contributed by atoms with Crippen molar-refractivity contribution < 1.29 is 28.6 Å². The number of aliphatic imine (C=N–C) groups is 1. The average molecular weight is 552 g/mol.